The maximum absolute atomic E-state index is 13.0. The first kappa shape index (κ1) is 15.4. The molecule has 2 rings (SSSR count). The van der Waals surface area contributed by atoms with E-state index in [1.807, 2.05) is 0 Å². The number of halogens is 2. The van der Waals surface area contributed by atoms with Crippen molar-refractivity contribution in [1.29, 1.82) is 0 Å². The SMILES string of the molecule is O=C(O)CC1(NS(=O)(=O)c2ccc(F)cc2Br)CCC1. The van der Waals surface area contributed by atoms with Crippen molar-refractivity contribution in [2.24, 2.45) is 0 Å². The smallest absolute Gasteiger partial charge is 0.305 e. The van der Waals surface area contributed by atoms with Crippen molar-refractivity contribution in [1.82, 2.24) is 4.72 Å². The van der Waals surface area contributed by atoms with Crippen LogP contribution < -0.4 is 4.72 Å². The van der Waals surface area contributed by atoms with Gasteiger partial charge in [-0.05, 0) is 53.4 Å². The van der Waals surface area contributed by atoms with E-state index in [0.29, 0.717) is 12.8 Å². The first-order valence-electron chi connectivity index (χ1n) is 5.95. The molecule has 1 aromatic carbocycles. The Kier molecular flexibility index (Phi) is 4.17. The molecule has 0 spiro atoms. The molecular weight excluding hydrogens is 353 g/mol. The van der Waals surface area contributed by atoms with Gasteiger partial charge in [-0.1, -0.05) is 0 Å². The Labute approximate surface area is 124 Å². The molecule has 0 aliphatic heterocycles. The molecule has 0 aromatic heterocycles. The molecule has 0 bridgehead atoms. The number of hydrogen-bond acceptors (Lipinski definition) is 3. The average Bonchev–Trinajstić information content (AvgIpc) is 2.24. The van der Waals surface area contributed by atoms with Crippen molar-refractivity contribution in [2.45, 2.75) is 36.1 Å². The van der Waals surface area contributed by atoms with Crippen LogP contribution in [0.1, 0.15) is 25.7 Å². The van der Waals surface area contributed by atoms with Crippen LogP contribution in [0, 0.1) is 5.82 Å². The number of hydrogen-bond donors (Lipinski definition) is 2. The van der Waals surface area contributed by atoms with Crippen LogP contribution in [0.5, 0.6) is 0 Å². The Hall–Kier alpha value is -0.990. The molecule has 1 fully saturated rings. The van der Waals surface area contributed by atoms with E-state index in [4.69, 9.17) is 5.11 Å². The number of benzene rings is 1. The molecule has 0 saturated heterocycles. The summed E-state index contributed by atoms with van der Waals surface area (Å²) in [6.07, 6.45) is 1.49. The summed E-state index contributed by atoms with van der Waals surface area (Å²) < 4.78 is 40.2. The van der Waals surface area contributed by atoms with Gasteiger partial charge in [-0.15, -0.1) is 0 Å². The van der Waals surface area contributed by atoms with Crippen LogP contribution in [0.2, 0.25) is 0 Å². The molecule has 1 aliphatic rings. The van der Waals surface area contributed by atoms with Gasteiger partial charge in [0.15, 0.2) is 0 Å². The van der Waals surface area contributed by atoms with Crippen LogP contribution in [0.25, 0.3) is 0 Å². The van der Waals surface area contributed by atoms with Crippen molar-refractivity contribution >= 4 is 31.9 Å². The van der Waals surface area contributed by atoms with E-state index in [1.165, 1.54) is 0 Å². The number of carboxylic acids is 1. The molecule has 5 nitrogen and oxygen atoms in total. The summed E-state index contributed by atoms with van der Waals surface area (Å²) in [5.74, 6) is -1.61. The van der Waals surface area contributed by atoms with Crippen molar-refractivity contribution in [2.75, 3.05) is 0 Å². The lowest BCUT2D eigenvalue weighted by Gasteiger charge is -2.41. The zero-order valence-electron chi connectivity index (χ0n) is 10.4. The van der Waals surface area contributed by atoms with E-state index in [0.717, 1.165) is 24.6 Å². The van der Waals surface area contributed by atoms with Gasteiger partial charge in [0, 0.05) is 10.0 Å². The zero-order valence-corrected chi connectivity index (χ0v) is 12.8. The van der Waals surface area contributed by atoms with E-state index >= 15 is 0 Å². The average molecular weight is 366 g/mol. The Morgan fingerprint density at radius 1 is 1.45 bits per heavy atom. The molecule has 0 unspecified atom stereocenters. The number of carboxylic acid groups (broad SMARTS) is 1. The van der Waals surface area contributed by atoms with Crippen LogP contribution in [0.3, 0.4) is 0 Å². The first-order valence-corrected chi connectivity index (χ1v) is 8.23. The predicted octanol–water partition coefficient (Wildman–Crippen LogP) is 2.26. The van der Waals surface area contributed by atoms with E-state index in [1.54, 1.807) is 0 Å². The van der Waals surface area contributed by atoms with Gasteiger partial charge in [0.25, 0.3) is 0 Å². The Morgan fingerprint density at radius 3 is 2.55 bits per heavy atom. The van der Waals surface area contributed by atoms with E-state index < -0.39 is 27.3 Å². The molecule has 8 heteroatoms. The van der Waals surface area contributed by atoms with Gasteiger partial charge in [-0.2, -0.15) is 0 Å². The molecule has 1 saturated carbocycles. The molecule has 20 heavy (non-hydrogen) atoms. The van der Waals surface area contributed by atoms with Gasteiger partial charge in [0.05, 0.1) is 11.3 Å². The Balaban J connectivity index is 2.29. The fraction of sp³-hybridized carbons (Fsp3) is 0.417. The first-order chi connectivity index (χ1) is 9.24. The number of nitrogens with one attached hydrogen (secondary N) is 1. The lowest BCUT2D eigenvalue weighted by atomic mass is 9.75. The van der Waals surface area contributed by atoms with Gasteiger partial charge in [-0.25, -0.2) is 17.5 Å². The fourth-order valence-electron chi connectivity index (χ4n) is 2.24. The second-order valence-electron chi connectivity index (χ2n) is 4.88. The number of carbonyl (C=O) groups is 1. The lowest BCUT2D eigenvalue weighted by Crippen LogP contribution is -2.54. The van der Waals surface area contributed by atoms with Crippen LogP contribution in [-0.4, -0.2) is 25.0 Å². The summed E-state index contributed by atoms with van der Waals surface area (Å²) in [4.78, 5) is 10.7. The van der Waals surface area contributed by atoms with Gasteiger partial charge in [0.1, 0.15) is 5.82 Å². The van der Waals surface area contributed by atoms with Gasteiger partial charge >= 0.3 is 5.97 Å². The summed E-state index contributed by atoms with van der Waals surface area (Å²) >= 11 is 3.01. The monoisotopic (exact) mass is 365 g/mol. The minimum atomic E-state index is -3.90. The number of rotatable bonds is 5. The van der Waals surface area contributed by atoms with Crippen LogP contribution in [-0.2, 0) is 14.8 Å². The third-order valence-corrected chi connectivity index (χ3v) is 5.89. The Bertz CT molecular complexity index is 643. The molecule has 0 amide bonds. The highest BCUT2D eigenvalue weighted by Gasteiger charge is 2.42. The van der Waals surface area contributed by atoms with Crippen molar-refractivity contribution in [3.8, 4) is 0 Å². The molecule has 0 radical (unpaired) electrons. The lowest BCUT2D eigenvalue weighted by molar-refractivity contribution is -0.139. The number of aliphatic carboxylic acids is 1. The van der Waals surface area contributed by atoms with Crippen molar-refractivity contribution < 1.29 is 22.7 Å². The molecule has 1 aromatic rings. The van der Waals surface area contributed by atoms with Gasteiger partial charge in [0.2, 0.25) is 10.0 Å². The molecule has 0 atom stereocenters. The second kappa shape index (κ2) is 5.42. The summed E-state index contributed by atoms with van der Waals surface area (Å²) in [5.41, 5.74) is -0.932. The minimum absolute atomic E-state index is 0.101. The molecule has 110 valence electrons. The maximum atomic E-state index is 13.0. The van der Waals surface area contributed by atoms with E-state index in [-0.39, 0.29) is 15.8 Å². The summed E-state index contributed by atoms with van der Waals surface area (Å²) in [6, 6.07) is 3.25. The molecule has 1 aliphatic carbocycles. The fourth-order valence-corrected chi connectivity index (χ4v) is 4.75. The van der Waals surface area contributed by atoms with Gasteiger partial charge in [-0.3, -0.25) is 4.79 Å². The highest BCUT2D eigenvalue weighted by molar-refractivity contribution is 9.10. The largest absolute Gasteiger partial charge is 0.481 e. The van der Waals surface area contributed by atoms with Crippen LogP contribution in [0.15, 0.2) is 27.6 Å². The molecule has 0 heterocycles. The van der Waals surface area contributed by atoms with Crippen LogP contribution >= 0.6 is 15.9 Å². The highest BCUT2D eigenvalue weighted by Crippen LogP contribution is 2.37. The van der Waals surface area contributed by atoms with Crippen molar-refractivity contribution in [3.63, 3.8) is 0 Å². The van der Waals surface area contributed by atoms with E-state index in [2.05, 4.69) is 20.7 Å². The Morgan fingerprint density at radius 2 is 2.10 bits per heavy atom. The van der Waals surface area contributed by atoms with Crippen LogP contribution in [0.4, 0.5) is 4.39 Å². The minimum Gasteiger partial charge on any atom is -0.481 e. The third-order valence-electron chi connectivity index (χ3n) is 3.33. The summed E-state index contributed by atoms with van der Waals surface area (Å²) in [7, 11) is -3.90. The zero-order chi connectivity index (χ0) is 15.0. The summed E-state index contributed by atoms with van der Waals surface area (Å²) in [5, 5.41) is 8.88. The quantitative estimate of drug-likeness (QED) is 0.838. The maximum Gasteiger partial charge on any atom is 0.305 e. The predicted molar refractivity (Wildman–Crippen MR) is 73.3 cm³/mol. The third kappa shape index (κ3) is 3.18. The normalized spacial score (nSPS) is 17.5. The topological polar surface area (TPSA) is 83.5 Å². The highest BCUT2D eigenvalue weighted by atomic mass is 79.9. The summed E-state index contributed by atoms with van der Waals surface area (Å²) in [6.45, 7) is 0. The standard InChI is InChI=1S/C12H13BrFNO4S/c13-9-6-8(14)2-3-10(9)20(18,19)15-12(4-1-5-12)7-11(16)17/h2-3,6,15H,1,4-5,7H2,(H,16,17). The second-order valence-corrected chi connectivity index (χ2v) is 7.39. The van der Waals surface area contributed by atoms with Gasteiger partial charge < -0.3 is 5.11 Å². The van der Waals surface area contributed by atoms with E-state index in [9.17, 15) is 17.6 Å². The molecule has 2 N–H and O–H groups in total. The molecular formula is C12H13BrFNO4S. The van der Waals surface area contributed by atoms with Crippen molar-refractivity contribution in [3.05, 3.63) is 28.5 Å². The number of sulfonamides is 1.